The van der Waals surface area contributed by atoms with Gasteiger partial charge in [-0.25, -0.2) is 4.79 Å². The summed E-state index contributed by atoms with van der Waals surface area (Å²) in [4.78, 5) is 23.1. The minimum Gasteiger partial charge on any atom is -0.319 e. The van der Waals surface area contributed by atoms with Gasteiger partial charge in [0, 0.05) is 12.1 Å². The highest BCUT2D eigenvalue weighted by Crippen LogP contribution is 2.14. The van der Waals surface area contributed by atoms with Crippen LogP contribution < -0.4 is 0 Å². The van der Waals surface area contributed by atoms with E-state index in [2.05, 4.69) is 6.58 Å². The van der Waals surface area contributed by atoms with Gasteiger partial charge in [-0.3, -0.25) is 4.79 Å². The van der Waals surface area contributed by atoms with Gasteiger partial charge in [-0.1, -0.05) is 6.58 Å². The van der Waals surface area contributed by atoms with Crippen LogP contribution in [0.15, 0.2) is 18.4 Å². The topological polar surface area (TPSA) is 37.4 Å². The molecule has 0 aromatic rings. The molecule has 0 aromatic heterocycles. The predicted octanol–water partition coefficient (Wildman–Crippen LogP) is 0.900. The smallest absolute Gasteiger partial charge is 0.231 e. The Kier molecular flexibility index (Phi) is 2.83. The molecular weight excluding hydrogens is 154 g/mol. The summed E-state index contributed by atoms with van der Waals surface area (Å²) in [7, 11) is 0. The van der Waals surface area contributed by atoms with Crippen molar-refractivity contribution >= 4 is 11.8 Å². The molecule has 0 saturated carbocycles. The molecule has 64 valence electrons. The number of amides is 1. The van der Waals surface area contributed by atoms with Crippen molar-refractivity contribution in [3.63, 3.8) is 0 Å². The van der Waals surface area contributed by atoms with E-state index in [9.17, 15) is 9.59 Å². The average Bonchev–Trinajstić information content (AvgIpc) is 2.26. The Morgan fingerprint density at radius 3 is 2.92 bits per heavy atom. The molecule has 1 rings (SSSR count). The standard InChI is InChI=1S/C9H11NO2/c1-2-10-5-3-4-8(7-11)6-9(10)12/h2H,1,3-6H2. The molecule has 3 nitrogen and oxygen atoms in total. The minimum atomic E-state index is -0.0548. The summed E-state index contributed by atoms with van der Waals surface area (Å²) < 4.78 is 0. The van der Waals surface area contributed by atoms with E-state index in [1.54, 1.807) is 10.8 Å². The SMILES string of the molecule is C=CN1CCCC(=C=O)CC1=O. The van der Waals surface area contributed by atoms with Crippen molar-refractivity contribution in [1.82, 2.24) is 4.90 Å². The third-order valence-corrected chi connectivity index (χ3v) is 1.93. The fourth-order valence-corrected chi connectivity index (χ4v) is 1.24. The van der Waals surface area contributed by atoms with Crippen molar-refractivity contribution in [2.75, 3.05) is 6.54 Å². The van der Waals surface area contributed by atoms with Crippen molar-refractivity contribution in [2.24, 2.45) is 0 Å². The summed E-state index contributed by atoms with van der Waals surface area (Å²) in [5, 5.41) is 0. The Morgan fingerprint density at radius 2 is 2.33 bits per heavy atom. The second kappa shape index (κ2) is 3.88. The molecular formula is C9H11NO2. The van der Waals surface area contributed by atoms with Crippen LogP contribution in [-0.2, 0) is 9.59 Å². The van der Waals surface area contributed by atoms with Crippen LogP contribution in [0.25, 0.3) is 0 Å². The lowest BCUT2D eigenvalue weighted by Crippen LogP contribution is -2.24. The van der Waals surface area contributed by atoms with E-state index in [0.29, 0.717) is 18.5 Å². The number of carbonyl (C=O) groups is 1. The lowest BCUT2D eigenvalue weighted by atomic mass is 10.1. The first kappa shape index (κ1) is 8.75. The summed E-state index contributed by atoms with van der Waals surface area (Å²) >= 11 is 0. The van der Waals surface area contributed by atoms with Crippen LogP contribution in [0, 0.1) is 0 Å². The van der Waals surface area contributed by atoms with Crippen LogP contribution in [0.2, 0.25) is 0 Å². The third kappa shape index (κ3) is 1.83. The van der Waals surface area contributed by atoms with E-state index in [4.69, 9.17) is 0 Å². The Balaban J connectivity index is 2.74. The molecule has 0 atom stereocenters. The van der Waals surface area contributed by atoms with Gasteiger partial charge in [0.1, 0.15) is 5.94 Å². The third-order valence-electron chi connectivity index (χ3n) is 1.93. The fraction of sp³-hybridized carbons (Fsp3) is 0.444. The van der Waals surface area contributed by atoms with E-state index in [1.165, 1.54) is 6.20 Å². The van der Waals surface area contributed by atoms with Gasteiger partial charge in [0.2, 0.25) is 5.91 Å². The molecule has 0 bridgehead atoms. The van der Waals surface area contributed by atoms with Crippen LogP contribution >= 0.6 is 0 Å². The zero-order valence-electron chi connectivity index (χ0n) is 6.88. The fourth-order valence-electron chi connectivity index (χ4n) is 1.24. The molecule has 1 aliphatic heterocycles. The first-order chi connectivity index (χ1) is 5.77. The average molecular weight is 165 g/mol. The summed E-state index contributed by atoms with van der Waals surface area (Å²) in [5.74, 6) is 1.75. The molecule has 1 amide bonds. The van der Waals surface area contributed by atoms with Crippen molar-refractivity contribution < 1.29 is 9.59 Å². The van der Waals surface area contributed by atoms with Gasteiger partial charge in [-0.2, -0.15) is 0 Å². The molecule has 12 heavy (non-hydrogen) atoms. The summed E-state index contributed by atoms with van der Waals surface area (Å²) in [6, 6.07) is 0. The highest BCUT2D eigenvalue weighted by atomic mass is 16.2. The Labute approximate surface area is 71.4 Å². The molecule has 0 aliphatic carbocycles. The quantitative estimate of drug-likeness (QED) is 0.541. The van der Waals surface area contributed by atoms with Crippen molar-refractivity contribution in [3.8, 4) is 0 Å². The number of rotatable bonds is 1. The van der Waals surface area contributed by atoms with Gasteiger partial charge in [0.25, 0.3) is 0 Å². The van der Waals surface area contributed by atoms with E-state index < -0.39 is 0 Å². The second-order valence-corrected chi connectivity index (χ2v) is 2.76. The van der Waals surface area contributed by atoms with Crippen molar-refractivity contribution in [2.45, 2.75) is 19.3 Å². The van der Waals surface area contributed by atoms with Crippen molar-refractivity contribution in [3.05, 3.63) is 18.4 Å². The lowest BCUT2D eigenvalue weighted by molar-refractivity contribution is -0.127. The lowest BCUT2D eigenvalue weighted by Gasteiger charge is -2.13. The number of hydrogen-bond donors (Lipinski definition) is 0. The van der Waals surface area contributed by atoms with E-state index in [-0.39, 0.29) is 12.3 Å². The highest BCUT2D eigenvalue weighted by molar-refractivity contribution is 5.82. The normalized spacial score (nSPS) is 18.5. The maximum atomic E-state index is 11.3. The summed E-state index contributed by atoms with van der Waals surface area (Å²) in [5.41, 5.74) is 0.573. The number of likely N-dealkylation sites (tertiary alicyclic amines) is 1. The summed E-state index contributed by atoms with van der Waals surface area (Å²) in [6.45, 7) is 4.18. The minimum absolute atomic E-state index is 0.0548. The van der Waals surface area contributed by atoms with Gasteiger partial charge in [0.15, 0.2) is 0 Å². The molecule has 3 heteroatoms. The molecule has 0 spiro atoms. The van der Waals surface area contributed by atoms with Gasteiger partial charge in [-0.15, -0.1) is 0 Å². The number of nitrogens with zero attached hydrogens (tertiary/aromatic N) is 1. The van der Waals surface area contributed by atoms with Gasteiger partial charge in [-0.05, 0) is 19.0 Å². The van der Waals surface area contributed by atoms with Gasteiger partial charge in [0.05, 0.1) is 6.42 Å². The van der Waals surface area contributed by atoms with Crippen LogP contribution in [-0.4, -0.2) is 23.3 Å². The Bertz CT molecular complexity index is 251. The van der Waals surface area contributed by atoms with Gasteiger partial charge < -0.3 is 4.90 Å². The highest BCUT2D eigenvalue weighted by Gasteiger charge is 2.17. The van der Waals surface area contributed by atoms with Crippen molar-refractivity contribution in [1.29, 1.82) is 0 Å². The van der Waals surface area contributed by atoms with Crippen LogP contribution in [0.1, 0.15) is 19.3 Å². The zero-order chi connectivity index (χ0) is 8.97. The maximum Gasteiger partial charge on any atom is 0.231 e. The molecule has 0 aromatic carbocycles. The van der Waals surface area contributed by atoms with Gasteiger partial charge >= 0.3 is 0 Å². The van der Waals surface area contributed by atoms with E-state index in [0.717, 1.165) is 6.42 Å². The van der Waals surface area contributed by atoms with E-state index in [1.807, 2.05) is 0 Å². The van der Waals surface area contributed by atoms with Crippen LogP contribution in [0.5, 0.6) is 0 Å². The number of hydrogen-bond acceptors (Lipinski definition) is 2. The molecule has 1 aliphatic rings. The largest absolute Gasteiger partial charge is 0.319 e. The molecule has 1 saturated heterocycles. The second-order valence-electron chi connectivity index (χ2n) is 2.76. The first-order valence-electron chi connectivity index (χ1n) is 3.93. The Hall–Kier alpha value is -1.34. The molecule has 0 N–H and O–H groups in total. The molecule has 1 heterocycles. The summed E-state index contributed by atoms with van der Waals surface area (Å²) in [6.07, 6.45) is 3.22. The van der Waals surface area contributed by atoms with Crippen LogP contribution in [0.4, 0.5) is 0 Å². The Morgan fingerprint density at radius 1 is 1.58 bits per heavy atom. The molecule has 0 radical (unpaired) electrons. The molecule has 1 fully saturated rings. The van der Waals surface area contributed by atoms with E-state index >= 15 is 0 Å². The first-order valence-corrected chi connectivity index (χ1v) is 3.93. The maximum absolute atomic E-state index is 11.3. The number of carbonyl (C=O) groups excluding carboxylic acids is 2. The molecule has 0 unspecified atom stereocenters. The van der Waals surface area contributed by atoms with Crippen LogP contribution in [0.3, 0.4) is 0 Å². The predicted molar refractivity (Wildman–Crippen MR) is 45.0 cm³/mol. The monoisotopic (exact) mass is 165 g/mol. The zero-order valence-corrected chi connectivity index (χ0v) is 6.88.